The second-order valence-electron chi connectivity index (χ2n) is 6.82. The normalized spacial score (nSPS) is 11.2. The van der Waals surface area contributed by atoms with Crippen molar-refractivity contribution in [3.05, 3.63) is 68.7 Å². The van der Waals surface area contributed by atoms with Crippen LogP contribution in [0.1, 0.15) is 18.7 Å². The molecule has 2 aromatic carbocycles. The van der Waals surface area contributed by atoms with Crippen molar-refractivity contribution in [2.24, 2.45) is 7.05 Å². The molecule has 0 saturated heterocycles. The van der Waals surface area contributed by atoms with Gasteiger partial charge in [0.05, 0.1) is 22.5 Å². The van der Waals surface area contributed by atoms with Crippen molar-refractivity contribution in [2.45, 2.75) is 19.4 Å². The summed E-state index contributed by atoms with van der Waals surface area (Å²) in [5, 5.41) is 9.64. The molecule has 8 nitrogen and oxygen atoms in total. The van der Waals surface area contributed by atoms with Gasteiger partial charge in [-0.1, -0.05) is 35.3 Å². The molecule has 0 N–H and O–H groups in total. The quantitative estimate of drug-likeness (QED) is 0.308. The van der Waals surface area contributed by atoms with Crippen molar-refractivity contribution in [1.29, 1.82) is 0 Å². The Morgan fingerprint density at radius 3 is 2.74 bits per heavy atom. The lowest BCUT2D eigenvalue weighted by atomic mass is 10.2. The molecule has 0 spiro atoms. The monoisotopic (exact) mass is 460 g/mol. The summed E-state index contributed by atoms with van der Waals surface area (Å²) in [6, 6.07) is 12.1. The maximum atomic E-state index is 12.5. The Morgan fingerprint density at radius 1 is 1.13 bits per heavy atom. The standard InChI is InChI=1S/C21H18Cl2N4O4/c1-26-20(29)14-5-2-3-6-16(14)27-18(24-25-21(26)27)12-31-19(28)7-4-10-30-17-9-8-13(22)11-15(17)23/h2-3,5-6,8-9,11H,4,7,10,12H2,1H3. The Balaban J connectivity index is 1.38. The molecule has 0 bridgehead atoms. The van der Waals surface area contributed by atoms with Crippen LogP contribution in [0.2, 0.25) is 10.0 Å². The van der Waals surface area contributed by atoms with E-state index in [1.165, 1.54) is 4.57 Å². The molecule has 31 heavy (non-hydrogen) atoms. The number of benzene rings is 2. The first-order valence-corrected chi connectivity index (χ1v) is 10.3. The summed E-state index contributed by atoms with van der Waals surface area (Å²) in [5.74, 6) is 0.922. The Morgan fingerprint density at radius 2 is 1.94 bits per heavy atom. The predicted octanol–water partition coefficient (Wildman–Crippen LogP) is 3.79. The van der Waals surface area contributed by atoms with Crippen molar-refractivity contribution >= 4 is 45.9 Å². The number of nitrogens with zero attached hydrogens (tertiary/aromatic N) is 4. The van der Waals surface area contributed by atoms with Crippen LogP contribution in [-0.2, 0) is 23.2 Å². The van der Waals surface area contributed by atoms with E-state index in [9.17, 15) is 9.59 Å². The highest BCUT2D eigenvalue weighted by Gasteiger charge is 2.15. The lowest BCUT2D eigenvalue weighted by molar-refractivity contribution is -0.145. The molecule has 2 aromatic heterocycles. The molecule has 4 rings (SSSR count). The van der Waals surface area contributed by atoms with Crippen LogP contribution in [0.3, 0.4) is 0 Å². The second kappa shape index (κ2) is 8.95. The molecule has 4 aromatic rings. The minimum atomic E-state index is -0.392. The number of carbonyl (C=O) groups excluding carboxylic acids is 1. The third-order valence-corrected chi connectivity index (χ3v) is 5.26. The molecule has 0 unspecified atom stereocenters. The highest BCUT2D eigenvalue weighted by atomic mass is 35.5. The van der Waals surface area contributed by atoms with Crippen LogP contribution >= 0.6 is 23.2 Å². The van der Waals surface area contributed by atoms with Crippen LogP contribution in [0.25, 0.3) is 16.7 Å². The molecule has 0 amide bonds. The van der Waals surface area contributed by atoms with Crippen LogP contribution in [0.4, 0.5) is 0 Å². The van der Waals surface area contributed by atoms with Gasteiger partial charge in [-0.3, -0.25) is 18.6 Å². The van der Waals surface area contributed by atoms with E-state index >= 15 is 0 Å². The van der Waals surface area contributed by atoms with Crippen molar-refractivity contribution in [3.63, 3.8) is 0 Å². The third-order valence-electron chi connectivity index (χ3n) is 4.73. The van der Waals surface area contributed by atoms with E-state index in [1.807, 2.05) is 6.07 Å². The summed E-state index contributed by atoms with van der Waals surface area (Å²) in [5.41, 5.74) is 0.490. The van der Waals surface area contributed by atoms with Gasteiger partial charge in [-0.2, -0.15) is 0 Å². The molecule has 0 radical (unpaired) electrons. The molecule has 10 heteroatoms. The lowest BCUT2D eigenvalue weighted by Gasteiger charge is -2.09. The van der Waals surface area contributed by atoms with E-state index in [2.05, 4.69) is 10.2 Å². The number of aryl methyl sites for hydroxylation is 1. The number of hydrogen-bond acceptors (Lipinski definition) is 6. The van der Waals surface area contributed by atoms with Gasteiger partial charge in [0.2, 0.25) is 5.78 Å². The first-order chi connectivity index (χ1) is 15.0. The second-order valence-corrected chi connectivity index (χ2v) is 7.66. The lowest BCUT2D eigenvalue weighted by Crippen LogP contribution is -2.20. The van der Waals surface area contributed by atoms with Crippen LogP contribution < -0.4 is 10.3 Å². The Kier molecular flexibility index (Phi) is 6.11. The zero-order valence-corrected chi connectivity index (χ0v) is 18.1. The van der Waals surface area contributed by atoms with Crippen molar-refractivity contribution in [3.8, 4) is 5.75 Å². The maximum absolute atomic E-state index is 12.5. The average Bonchev–Trinajstić information content (AvgIpc) is 3.19. The van der Waals surface area contributed by atoms with Crippen LogP contribution in [0, 0.1) is 0 Å². The summed E-state index contributed by atoms with van der Waals surface area (Å²) in [6.07, 6.45) is 0.622. The number of rotatable bonds is 7. The van der Waals surface area contributed by atoms with Gasteiger partial charge in [0, 0.05) is 18.5 Å². The molecule has 0 saturated carbocycles. The summed E-state index contributed by atoms with van der Waals surface area (Å²) in [6.45, 7) is 0.239. The van der Waals surface area contributed by atoms with Gasteiger partial charge in [0.15, 0.2) is 12.4 Å². The van der Waals surface area contributed by atoms with Crippen molar-refractivity contribution < 1.29 is 14.3 Å². The highest BCUT2D eigenvalue weighted by molar-refractivity contribution is 6.35. The number of para-hydroxylation sites is 1. The maximum Gasteiger partial charge on any atom is 0.306 e. The predicted molar refractivity (Wildman–Crippen MR) is 117 cm³/mol. The number of carbonyl (C=O) groups is 1. The molecule has 0 aliphatic carbocycles. The van der Waals surface area contributed by atoms with Gasteiger partial charge in [-0.25, -0.2) is 0 Å². The minimum Gasteiger partial charge on any atom is -0.492 e. The smallest absolute Gasteiger partial charge is 0.306 e. The van der Waals surface area contributed by atoms with E-state index in [4.69, 9.17) is 32.7 Å². The van der Waals surface area contributed by atoms with Gasteiger partial charge in [0.25, 0.3) is 5.56 Å². The summed E-state index contributed by atoms with van der Waals surface area (Å²) >= 11 is 11.9. The van der Waals surface area contributed by atoms with Crippen LogP contribution in [0.5, 0.6) is 5.75 Å². The number of aromatic nitrogens is 4. The van der Waals surface area contributed by atoms with Gasteiger partial charge in [0.1, 0.15) is 5.75 Å². The molecule has 0 fully saturated rings. The number of hydrogen-bond donors (Lipinski definition) is 0. The summed E-state index contributed by atoms with van der Waals surface area (Å²) < 4.78 is 14.1. The Bertz CT molecular complexity index is 1330. The minimum absolute atomic E-state index is 0.0634. The largest absolute Gasteiger partial charge is 0.492 e. The summed E-state index contributed by atoms with van der Waals surface area (Å²) in [7, 11) is 1.63. The Hall–Kier alpha value is -3.10. The fourth-order valence-electron chi connectivity index (χ4n) is 3.19. The molecule has 160 valence electrons. The average molecular weight is 461 g/mol. The fraction of sp³-hybridized carbons (Fsp3) is 0.238. The Labute approximate surface area is 186 Å². The van der Waals surface area contributed by atoms with Gasteiger partial charge >= 0.3 is 5.97 Å². The van der Waals surface area contributed by atoms with Crippen molar-refractivity contribution in [2.75, 3.05) is 6.61 Å². The first-order valence-electron chi connectivity index (χ1n) is 9.51. The van der Waals surface area contributed by atoms with Crippen LogP contribution in [-0.4, -0.2) is 31.7 Å². The SMILES string of the molecule is Cn1c(=O)c2ccccc2n2c(COC(=O)CCCOc3ccc(Cl)cc3Cl)nnc12. The summed E-state index contributed by atoms with van der Waals surface area (Å²) in [4.78, 5) is 24.6. The molecular formula is C21H18Cl2N4O4. The van der Waals surface area contributed by atoms with Gasteiger partial charge in [-0.15, -0.1) is 10.2 Å². The van der Waals surface area contributed by atoms with E-state index in [1.54, 1.807) is 47.8 Å². The van der Waals surface area contributed by atoms with E-state index in [0.29, 0.717) is 51.3 Å². The zero-order chi connectivity index (χ0) is 22.0. The molecular weight excluding hydrogens is 443 g/mol. The molecule has 0 aliphatic rings. The zero-order valence-electron chi connectivity index (χ0n) is 16.5. The number of esters is 1. The first kappa shape index (κ1) is 21.1. The number of halogens is 2. The van der Waals surface area contributed by atoms with E-state index in [0.717, 1.165) is 0 Å². The topological polar surface area (TPSA) is 87.7 Å². The number of ether oxygens (including phenoxy) is 2. The third kappa shape index (κ3) is 4.35. The van der Waals surface area contributed by atoms with E-state index in [-0.39, 0.29) is 18.6 Å². The van der Waals surface area contributed by atoms with Gasteiger partial charge < -0.3 is 9.47 Å². The van der Waals surface area contributed by atoms with Crippen molar-refractivity contribution in [1.82, 2.24) is 19.2 Å². The van der Waals surface area contributed by atoms with Crippen LogP contribution in [0.15, 0.2) is 47.3 Å². The highest BCUT2D eigenvalue weighted by Crippen LogP contribution is 2.27. The number of fused-ring (bicyclic) bond motifs is 3. The van der Waals surface area contributed by atoms with Gasteiger partial charge in [-0.05, 0) is 36.8 Å². The van der Waals surface area contributed by atoms with E-state index < -0.39 is 5.97 Å². The molecule has 0 atom stereocenters. The molecule has 0 aliphatic heterocycles. The fourth-order valence-corrected chi connectivity index (χ4v) is 3.66. The molecule has 2 heterocycles.